The molecule has 0 aromatic heterocycles. The molecule has 4 rings (SSSR count). The van der Waals surface area contributed by atoms with Crippen molar-refractivity contribution in [3.63, 3.8) is 0 Å². The number of hydrogen-bond donors (Lipinski definition) is 0. The number of fused-ring (bicyclic) bond motifs is 5. The van der Waals surface area contributed by atoms with Crippen molar-refractivity contribution in [2.45, 2.75) is 118 Å². The van der Waals surface area contributed by atoms with Crippen LogP contribution in [-0.4, -0.2) is 6.10 Å². The fourth-order valence-electron chi connectivity index (χ4n) is 9.37. The summed E-state index contributed by atoms with van der Waals surface area (Å²) >= 11 is 0. The lowest BCUT2D eigenvalue weighted by atomic mass is 9.44. The van der Waals surface area contributed by atoms with Gasteiger partial charge in [0, 0.05) is 0 Å². The Kier molecular flexibility index (Phi) is 6.48. The first-order valence-corrected chi connectivity index (χ1v) is 13.1. The molecule has 4 aliphatic rings. The largest absolute Gasteiger partial charge is 0.369 e. The fraction of sp³-hybridized carbons (Fsp3) is 0.964. The van der Waals surface area contributed by atoms with Gasteiger partial charge in [-0.1, -0.05) is 53.9 Å². The van der Waals surface area contributed by atoms with Gasteiger partial charge in [-0.3, -0.25) is 0 Å². The molecule has 1 heteroatoms. The summed E-state index contributed by atoms with van der Waals surface area (Å²) < 4.78 is 5.29. The average Bonchev–Trinajstić information content (AvgIpc) is 3.04. The van der Waals surface area contributed by atoms with Crippen molar-refractivity contribution in [3.05, 3.63) is 7.11 Å². The highest BCUT2D eigenvalue weighted by Gasteiger charge is 2.60. The molecule has 0 aromatic rings. The lowest BCUT2D eigenvalue weighted by Gasteiger charge is -2.61. The van der Waals surface area contributed by atoms with Crippen LogP contribution in [0.15, 0.2) is 0 Å². The van der Waals surface area contributed by atoms with E-state index >= 15 is 0 Å². The van der Waals surface area contributed by atoms with Crippen LogP contribution in [0.25, 0.3) is 0 Å². The maximum atomic E-state index is 5.58. The average molecular weight is 401 g/mol. The highest BCUT2D eigenvalue weighted by atomic mass is 16.5. The highest BCUT2D eigenvalue weighted by molar-refractivity contribution is 5.09. The maximum Gasteiger partial charge on any atom is 0.115 e. The summed E-state index contributed by atoms with van der Waals surface area (Å²) in [5, 5.41) is 0. The maximum absolute atomic E-state index is 5.58. The quantitative estimate of drug-likeness (QED) is 0.437. The predicted molar refractivity (Wildman–Crippen MR) is 122 cm³/mol. The van der Waals surface area contributed by atoms with Gasteiger partial charge < -0.3 is 4.74 Å². The smallest absolute Gasteiger partial charge is 0.115 e. The van der Waals surface area contributed by atoms with Crippen LogP contribution in [0.1, 0.15) is 112 Å². The monoisotopic (exact) mass is 400 g/mol. The van der Waals surface area contributed by atoms with Crippen LogP contribution in [0.3, 0.4) is 0 Å². The van der Waals surface area contributed by atoms with E-state index in [4.69, 9.17) is 11.8 Å². The standard InChI is InChI=1S/C28H48O/c1-19(2)8-7-9-20(3)24-12-13-25-23-11-10-21-18-22(29-6)14-16-27(21,4)26(23)15-17-28(24,25)5/h6,19-26H,7-18H2,1-5H3. The van der Waals surface area contributed by atoms with Crippen molar-refractivity contribution in [3.8, 4) is 0 Å². The van der Waals surface area contributed by atoms with Crippen LogP contribution in [0.2, 0.25) is 0 Å². The van der Waals surface area contributed by atoms with E-state index in [1.54, 1.807) is 0 Å². The van der Waals surface area contributed by atoms with Gasteiger partial charge in [-0.05, 0) is 110 Å². The fourth-order valence-corrected chi connectivity index (χ4v) is 9.37. The SMILES string of the molecule is [CH]OC1CCC2(C)C(CCC3C2CCC2(C)C(C(C)CCCC(C)C)CCC32)C1. The summed E-state index contributed by atoms with van der Waals surface area (Å²) in [5.74, 6) is 6.58. The van der Waals surface area contributed by atoms with Crippen molar-refractivity contribution >= 4 is 0 Å². The Labute approximate surface area is 182 Å². The van der Waals surface area contributed by atoms with Crippen molar-refractivity contribution < 1.29 is 4.74 Å². The number of rotatable bonds is 6. The van der Waals surface area contributed by atoms with Crippen LogP contribution >= 0.6 is 0 Å². The Morgan fingerprint density at radius 3 is 2.31 bits per heavy atom. The minimum absolute atomic E-state index is 0.320. The molecule has 4 aliphatic carbocycles. The molecule has 0 spiro atoms. The molecule has 0 heterocycles. The second kappa shape index (κ2) is 8.48. The van der Waals surface area contributed by atoms with Gasteiger partial charge in [0.1, 0.15) is 7.11 Å². The van der Waals surface area contributed by atoms with E-state index in [-0.39, 0.29) is 0 Å². The summed E-state index contributed by atoms with van der Waals surface area (Å²) in [5.41, 5.74) is 1.18. The van der Waals surface area contributed by atoms with E-state index in [1.807, 2.05) is 0 Å². The van der Waals surface area contributed by atoms with E-state index in [1.165, 1.54) is 77.0 Å². The number of hydrogen-bond acceptors (Lipinski definition) is 1. The molecule has 9 unspecified atom stereocenters. The summed E-state index contributed by atoms with van der Waals surface area (Å²) in [7, 11) is 5.58. The molecule has 29 heavy (non-hydrogen) atoms. The second-order valence-corrected chi connectivity index (χ2v) is 12.7. The molecule has 1 nitrogen and oxygen atoms in total. The van der Waals surface area contributed by atoms with Crippen molar-refractivity contribution in [2.75, 3.05) is 0 Å². The van der Waals surface area contributed by atoms with Gasteiger partial charge >= 0.3 is 0 Å². The van der Waals surface area contributed by atoms with E-state index in [9.17, 15) is 0 Å². The Morgan fingerprint density at radius 2 is 1.59 bits per heavy atom. The summed E-state index contributed by atoms with van der Waals surface area (Å²) in [6.07, 6.45) is 17.3. The molecule has 0 aromatic carbocycles. The molecule has 9 atom stereocenters. The van der Waals surface area contributed by atoms with E-state index in [0.717, 1.165) is 41.4 Å². The van der Waals surface area contributed by atoms with Crippen LogP contribution in [0, 0.1) is 59.4 Å². The van der Waals surface area contributed by atoms with Gasteiger partial charge in [0.05, 0.1) is 6.10 Å². The van der Waals surface area contributed by atoms with Gasteiger partial charge in [0.25, 0.3) is 0 Å². The molecule has 0 bridgehead atoms. The lowest BCUT2D eigenvalue weighted by Crippen LogP contribution is -2.54. The zero-order chi connectivity index (χ0) is 20.8. The third-order valence-electron chi connectivity index (χ3n) is 11.0. The van der Waals surface area contributed by atoms with E-state index < -0.39 is 0 Å². The lowest BCUT2D eigenvalue weighted by molar-refractivity contribution is -0.130. The van der Waals surface area contributed by atoms with Gasteiger partial charge in [-0.15, -0.1) is 0 Å². The first-order valence-electron chi connectivity index (χ1n) is 13.1. The molecular formula is C28H48O. The molecule has 0 amide bonds. The zero-order valence-corrected chi connectivity index (χ0v) is 20.1. The van der Waals surface area contributed by atoms with E-state index in [2.05, 4.69) is 34.6 Å². The summed E-state index contributed by atoms with van der Waals surface area (Å²) in [6, 6.07) is 0. The van der Waals surface area contributed by atoms with Crippen LogP contribution in [0.5, 0.6) is 0 Å². The van der Waals surface area contributed by atoms with Crippen LogP contribution in [0.4, 0.5) is 0 Å². The van der Waals surface area contributed by atoms with Crippen molar-refractivity contribution in [2.24, 2.45) is 52.3 Å². The molecule has 4 saturated carbocycles. The van der Waals surface area contributed by atoms with Crippen LogP contribution in [-0.2, 0) is 4.74 Å². The molecule has 0 N–H and O–H groups in total. The minimum Gasteiger partial charge on any atom is -0.369 e. The highest BCUT2D eigenvalue weighted by Crippen LogP contribution is 2.68. The van der Waals surface area contributed by atoms with Crippen LogP contribution < -0.4 is 0 Å². The number of ether oxygens (including phenoxy) is 1. The molecule has 4 fully saturated rings. The minimum atomic E-state index is 0.320. The molecule has 2 radical (unpaired) electrons. The van der Waals surface area contributed by atoms with Gasteiger partial charge in [0.15, 0.2) is 0 Å². The van der Waals surface area contributed by atoms with E-state index in [0.29, 0.717) is 16.9 Å². The third-order valence-corrected chi connectivity index (χ3v) is 11.0. The van der Waals surface area contributed by atoms with Gasteiger partial charge in [0.2, 0.25) is 0 Å². The zero-order valence-electron chi connectivity index (χ0n) is 20.1. The van der Waals surface area contributed by atoms with Crippen molar-refractivity contribution in [1.82, 2.24) is 0 Å². The summed E-state index contributed by atoms with van der Waals surface area (Å²) in [6.45, 7) is 12.7. The molecule has 166 valence electrons. The normalized spacial score (nSPS) is 48.1. The first kappa shape index (κ1) is 22.2. The van der Waals surface area contributed by atoms with Crippen molar-refractivity contribution in [1.29, 1.82) is 0 Å². The third kappa shape index (κ3) is 3.85. The topological polar surface area (TPSA) is 9.23 Å². The Hall–Kier alpha value is -0.0400. The van der Waals surface area contributed by atoms with Gasteiger partial charge in [-0.2, -0.15) is 0 Å². The molecular weight excluding hydrogens is 352 g/mol. The first-order chi connectivity index (χ1) is 13.8. The molecule has 0 saturated heterocycles. The Morgan fingerprint density at radius 1 is 0.862 bits per heavy atom. The Balaban J connectivity index is 1.45. The Bertz CT molecular complexity index is 555. The predicted octanol–water partition coefficient (Wildman–Crippen LogP) is 8.16. The summed E-state index contributed by atoms with van der Waals surface area (Å²) in [4.78, 5) is 0. The van der Waals surface area contributed by atoms with Gasteiger partial charge in [-0.25, -0.2) is 0 Å². The second-order valence-electron chi connectivity index (χ2n) is 12.7. The molecule has 0 aliphatic heterocycles.